The van der Waals surface area contributed by atoms with Crippen molar-refractivity contribution in [2.75, 3.05) is 6.61 Å². The second kappa shape index (κ2) is 8.26. The highest BCUT2D eigenvalue weighted by Crippen LogP contribution is 2.19. The first-order valence-electron chi connectivity index (χ1n) is 7.93. The van der Waals surface area contributed by atoms with Crippen LogP contribution in [0.2, 0.25) is 0 Å². The number of aryl methyl sites for hydroxylation is 1. The van der Waals surface area contributed by atoms with Gasteiger partial charge in [0, 0.05) is 11.3 Å². The summed E-state index contributed by atoms with van der Waals surface area (Å²) in [6.07, 6.45) is 0. The van der Waals surface area contributed by atoms with E-state index in [0.29, 0.717) is 16.8 Å². The van der Waals surface area contributed by atoms with Gasteiger partial charge in [0.05, 0.1) is 5.56 Å². The molecule has 0 saturated carbocycles. The highest BCUT2D eigenvalue weighted by atomic mass is 19.1. The first kappa shape index (κ1) is 19.8. The molecule has 0 atom stereocenters. The van der Waals surface area contributed by atoms with Gasteiger partial charge in [-0.1, -0.05) is 12.1 Å². The van der Waals surface area contributed by atoms with Gasteiger partial charge < -0.3 is 9.72 Å². The molecule has 0 spiro atoms. The number of Topliss-reactive ketones (excluding diaryl/α,β-unsaturated/α-hetero) is 1. The van der Waals surface area contributed by atoms with Gasteiger partial charge in [-0.25, -0.2) is 9.18 Å². The van der Waals surface area contributed by atoms with Crippen molar-refractivity contribution < 1.29 is 28.3 Å². The zero-order chi connectivity index (χ0) is 20.1. The van der Waals surface area contributed by atoms with E-state index in [1.54, 1.807) is 13.8 Å². The molecule has 0 saturated heterocycles. The largest absolute Gasteiger partial charge is 0.451 e. The first-order chi connectivity index (χ1) is 12.7. The Balaban J connectivity index is 1.90. The maximum atomic E-state index is 13.5. The van der Waals surface area contributed by atoms with Crippen LogP contribution in [-0.2, 0) is 9.53 Å². The van der Waals surface area contributed by atoms with Crippen molar-refractivity contribution in [2.45, 2.75) is 20.8 Å². The molecule has 1 aromatic carbocycles. The summed E-state index contributed by atoms with van der Waals surface area (Å²) in [5, 5.41) is 0. The van der Waals surface area contributed by atoms with E-state index in [-0.39, 0.29) is 17.0 Å². The summed E-state index contributed by atoms with van der Waals surface area (Å²) >= 11 is 0. The third-order valence-corrected chi connectivity index (χ3v) is 3.76. The molecule has 1 aromatic heterocycles. The van der Waals surface area contributed by atoms with Gasteiger partial charge in [-0.15, -0.1) is 0 Å². The number of halogens is 1. The number of aromatic nitrogens is 1. The van der Waals surface area contributed by atoms with Gasteiger partial charge in [0.25, 0.3) is 11.8 Å². The van der Waals surface area contributed by atoms with Gasteiger partial charge >= 0.3 is 5.97 Å². The molecular weight excluding hydrogens is 357 g/mol. The van der Waals surface area contributed by atoms with Crippen LogP contribution in [0.25, 0.3) is 0 Å². The number of nitrogens with one attached hydrogen (secondary N) is 3. The molecule has 0 bridgehead atoms. The van der Waals surface area contributed by atoms with Crippen LogP contribution in [0.15, 0.2) is 24.3 Å². The first-order valence-corrected chi connectivity index (χ1v) is 7.93. The Bertz CT molecular complexity index is 920. The number of benzene rings is 1. The molecule has 2 amide bonds. The molecule has 0 aliphatic carbocycles. The van der Waals surface area contributed by atoms with Crippen LogP contribution in [0.5, 0.6) is 0 Å². The van der Waals surface area contributed by atoms with Gasteiger partial charge in [0.2, 0.25) is 0 Å². The zero-order valence-electron chi connectivity index (χ0n) is 14.9. The van der Waals surface area contributed by atoms with Crippen molar-refractivity contribution in [3.63, 3.8) is 0 Å². The fraction of sp³-hybridized carbons (Fsp3) is 0.222. The van der Waals surface area contributed by atoms with Crippen LogP contribution in [0.1, 0.15) is 49.4 Å². The lowest BCUT2D eigenvalue weighted by Gasteiger charge is -2.08. The van der Waals surface area contributed by atoms with Crippen molar-refractivity contribution in [1.82, 2.24) is 15.8 Å². The Hall–Kier alpha value is -3.49. The predicted molar refractivity (Wildman–Crippen MR) is 92.6 cm³/mol. The minimum absolute atomic E-state index is 0.0703. The molecule has 9 heteroatoms. The summed E-state index contributed by atoms with van der Waals surface area (Å²) in [7, 11) is 0. The van der Waals surface area contributed by atoms with Gasteiger partial charge in [-0.3, -0.25) is 25.2 Å². The topological polar surface area (TPSA) is 117 Å². The van der Waals surface area contributed by atoms with Crippen molar-refractivity contribution in [3.8, 4) is 0 Å². The summed E-state index contributed by atoms with van der Waals surface area (Å²) in [6.45, 7) is 3.93. The average Bonchev–Trinajstić information content (AvgIpc) is 2.92. The van der Waals surface area contributed by atoms with E-state index in [1.165, 1.54) is 25.1 Å². The van der Waals surface area contributed by atoms with E-state index in [1.807, 2.05) is 10.9 Å². The van der Waals surface area contributed by atoms with Gasteiger partial charge in [0.1, 0.15) is 11.5 Å². The smallest absolute Gasteiger partial charge is 0.355 e. The maximum Gasteiger partial charge on any atom is 0.355 e. The Morgan fingerprint density at radius 2 is 1.78 bits per heavy atom. The number of aromatic amines is 1. The lowest BCUT2D eigenvalue weighted by Crippen LogP contribution is -2.43. The monoisotopic (exact) mass is 375 g/mol. The van der Waals surface area contributed by atoms with Gasteiger partial charge in [0.15, 0.2) is 12.4 Å². The second-order valence-electron chi connectivity index (χ2n) is 5.74. The Labute approximate surface area is 154 Å². The number of amides is 2. The van der Waals surface area contributed by atoms with Crippen LogP contribution in [0.4, 0.5) is 4.39 Å². The van der Waals surface area contributed by atoms with Crippen LogP contribution >= 0.6 is 0 Å². The molecule has 8 nitrogen and oxygen atoms in total. The lowest BCUT2D eigenvalue weighted by atomic mass is 10.1. The third-order valence-electron chi connectivity index (χ3n) is 3.76. The highest BCUT2D eigenvalue weighted by molar-refractivity contribution is 6.01. The van der Waals surface area contributed by atoms with Crippen LogP contribution in [0.3, 0.4) is 0 Å². The molecule has 0 unspecified atom stereocenters. The number of rotatable bonds is 5. The molecule has 3 N–H and O–H groups in total. The predicted octanol–water partition coefficient (Wildman–Crippen LogP) is 1.59. The lowest BCUT2D eigenvalue weighted by molar-refractivity contribution is -0.125. The van der Waals surface area contributed by atoms with Gasteiger partial charge in [-0.05, 0) is 38.5 Å². The molecule has 1 heterocycles. The quantitative estimate of drug-likeness (QED) is 0.417. The van der Waals surface area contributed by atoms with E-state index in [4.69, 9.17) is 4.74 Å². The minimum Gasteiger partial charge on any atom is -0.451 e. The number of hydrogen-bond acceptors (Lipinski definition) is 5. The molecule has 2 rings (SSSR count). The van der Waals surface area contributed by atoms with Crippen LogP contribution in [-0.4, -0.2) is 35.2 Å². The molecule has 0 fully saturated rings. The molecule has 2 aromatic rings. The Morgan fingerprint density at radius 1 is 1.11 bits per heavy atom. The van der Waals surface area contributed by atoms with E-state index < -0.39 is 30.2 Å². The van der Waals surface area contributed by atoms with Crippen molar-refractivity contribution >= 4 is 23.6 Å². The molecule has 0 aliphatic heterocycles. The number of ether oxygens (including phenoxy) is 1. The second-order valence-corrected chi connectivity index (χ2v) is 5.74. The number of esters is 1. The average molecular weight is 375 g/mol. The SMILES string of the molecule is CC(=O)c1c(C)[nH]c(C(=O)OCC(=O)NNC(=O)c2ccccc2F)c1C. The van der Waals surface area contributed by atoms with Crippen molar-refractivity contribution in [1.29, 1.82) is 0 Å². The number of carbonyl (C=O) groups excluding carboxylic acids is 4. The van der Waals surface area contributed by atoms with E-state index >= 15 is 0 Å². The Morgan fingerprint density at radius 3 is 2.37 bits per heavy atom. The number of H-pyrrole nitrogens is 1. The fourth-order valence-electron chi connectivity index (χ4n) is 2.56. The number of hydrogen-bond donors (Lipinski definition) is 3. The fourth-order valence-corrected chi connectivity index (χ4v) is 2.56. The number of hydrazine groups is 1. The van der Waals surface area contributed by atoms with Crippen LogP contribution < -0.4 is 10.9 Å². The van der Waals surface area contributed by atoms with E-state index in [0.717, 1.165) is 6.07 Å². The molecule has 0 radical (unpaired) electrons. The summed E-state index contributed by atoms with van der Waals surface area (Å²) in [5.41, 5.74) is 5.21. The molecule has 27 heavy (non-hydrogen) atoms. The normalized spacial score (nSPS) is 10.2. The van der Waals surface area contributed by atoms with E-state index in [9.17, 15) is 23.6 Å². The standard InChI is InChI=1S/C18H18FN3O5/c1-9-15(11(3)23)10(2)20-16(9)18(26)27-8-14(24)21-22-17(25)12-6-4-5-7-13(12)19/h4-7,20H,8H2,1-3H3,(H,21,24)(H,22,25). The summed E-state index contributed by atoms with van der Waals surface area (Å²) < 4.78 is 18.3. The summed E-state index contributed by atoms with van der Waals surface area (Å²) in [5.74, 6) is -3.43. The number of carbonyl (C=O) groups is 4. The van der Waals surface area contributed by atoms with Crippen molar-refractivity contribution in [3.05, 3.63) is 58.2 Å². The van der Waals surface area contributed by atoms with E-state index in [2.05, 4.69) is 4.98 Å². The number of ketones is 1. The Kier molecular flexibility index (Phi) is 6.07. The third kappa shape index (κ3) is 4.57. The maximum absolute atomic E-state index is 13.5. The minimum atomic E-state index is -0.852. The zero-order valence-corrected chi connectivity index (χ0v) is 14.9. The summed E-state index contributed by atoms with van der Waals surface area (Å²) in [4.78, 5) is 49.9. The summed E-state index contributed by atoms with van der Waals surface area (Å²) in [6, 6.07) is 5.25. The van der Waals surface area contributed by atoms with Gasteiger partial charge in [-0.2, -0.15) is 0 Å². The molecular formula is C18H18FN3O5. The molecule has 142 valence electrons. The molecule has 0 aliphatic rings. The van der Waals surface area contributed by atoms with Crippen molar-refractivity contribution in [2.24, 2.45) is 0 Å². The highest BCUT2D eigenvalue weighted by Gasteiger charge is 2.21. The van der Waals surface area contributed by atoms with Crippen LogP contribution in [0, 0.1) is 19.7 Å².